The van der Waals surface area contributed by atoms with Crippen LogP contribution < -0.4 is 4.74 Å². The number of hydrogen-bond donors (Lipinski definition) is 0. The number of benzene rings is 1. The number of nitrogens with zero attached hydrogens (tertiary/aromatic N) is 1. The van der Waals surface area contributed by atoms with E-state index < -0.39 is 0 Å². The maximum atomic E-state index is 8.73. The summed E-state index contributed by atoms with van der Waals surface area (Å²) in [6, 6.07) is 7.48. The van der Waals surface area contributed by atoms with E-state index in [4.69, 9.17) is 10.00 Å². The predicted molar refractivity (Wildman–Crippen MR) is 68.4 cm³/mol. The second-order valence-electron chi connectivity index (χ2n) is 3.96. The number of ether oxygens (including phenoxy) is 1. The number of hydrogen-bond acceptors (Lipinski definition) is 2. The molecule has 1 rings (SSSR count). The fourth-order valence-corrected chi connectivity index (χ4v) is 1.99. The second kappa shape index (κ2) is 6.55. The van der Waals surface area contributed by atoms with Gasteiger partial charge in [0.25, 0.3) is 0 Å². The van der Waals surface area contributed by atoms with Gasteiger partial charge in [-0.1, -0.05) is 20.3 Å². The van der Waals surface area contributed by atoms with E-state index in [1.54, 1.807) is 12.1 Å². The van der Waals surface area contributed by atoms with Crippen molar-refractivity contribution in [3.63, 3.8) is 0 Å². The molecule has 0 heterocycles. The first kappa shape index (κ1) is 13.1. The van der Waals surface area contributed by atoms with Crippen LogP contribution in [0.4, 0.5) is 0 Å². The summed E-state index contributed by atoms with van der Waals surface area (Å²) in [5, 5.41) is 8.73. The lowest BCUT2D eigenvalue weighted by Crippen LogP contribution is -2.08. The van der Waals surface area contributed by atoms with Gasteiger partial charge in [0.1, 0.15) is 5.75 Å². The van der Waals surface area contributed by atoms with Gasteiger partial charge in [0.15, 0.2) is 0 Å². The predicted octanol–water partition coefficient (Wildman–Crippen LogP) is 4.14. The van der Waals surface area contributed by atoms with Crippen LogP contribution in [0.1, 0.15) is 32.3 Å². The monoisotopic (exact) mass is 281 g/mol. The van der Waals surface area contributed by atoms with Gasteiger partial charge in [-0.3, -0.25) is 0 Å². The van der Waals surface area contributed by atoms with E-state index >= 15 is 0 Å². The molecule has 16 heavy (non-hydrogen) atoms. The molecule has 0 aliphatic carbocycles. The third-order valence-corrected chi connectivity index (χ3v) is 2.99. The highest BCUT2D eigenvalue weighted by atomic mass is 79.9. The van der Waals surface area contributed by atoms with Crippen molar-refractivity contribution in [2.24, 2.45) is 5.92 Å². The second-order valence-corrected chi connectivity index (χ2v) is 4.82. The fourth-order valence-electron chi connectivity index (χ4n) is 1.50. The van der Waals surface area contributed by atoms with Gasteiger partial charge in [0, 0.05) is 0 Å². The molecule has 1 aromatic carbocycles. The maximum Gasteiger partial charge on any atom is 0.133 e. The number of rotatable bonds is 5. The molecule has 2 nitrogen and oxygen atoms in total. The average molecular weight is 282 g/mol. The largest absolute Gasteiger partial charge is 0.492 e. The van der Waals surface area contributed by atoms with Crippen LogP contribution in [0.25, 0.3) is 0 Å². The Morgan fingerprint density at radius 3 is 2.81 bits per heavy atom. The summed E-state index contributed by atoms with van der Waals surface area (Å²) in [4.78, 5) is 0. The van der Waals surface area contributed by atoms with E-state index in [1.807, 2.05) is 6.07 Å². The van der Waals surface area contributed by atoms with Crippen molar-refractivity contribution in [3.8, 4) is 11.8 Å². The SMILES string of the molecule is CCCC(C)COc1ccc(C#N)cc1Br. The molecule has 0 bridgehead atoms. The van der Waals surface area contributed by atoms with Gasteiger partial charge < -0.3 is 4.74 Å². The summed E-state index contributed by atoms with van der Waals surface area (Å²) < 4.78 is 6.54. The van der Waals surface area contributed by atoms with Crippen LogP contribution in [0.2, 0.25) is 0 Å². The van der Waals surface area contributed by atoms with E-state index in [0.717, 1.165) is 16.8 Å². The first-order valence-corrected chi connectivity index (χ1v) is 6.29. The molecule has 0 aromatic heterocycles. The van der Waals surface area contributed by atoms with Crippen molar-refractivity contribution in [2.45, 2.75) is 26.7 Å². The Hall–Kier alpha value is -1.01. The zero-order chi connectivity index (χ0) is 12.0. The molecule has 0 spiro atoms. The van der Waals surface area contributed by atoms with Crippen molar-refractivity contribution in [1.82, 2.24) is 0 Å². The van der Waals surface area contributed by atoms with Gasteiger partial charge >= 0.3 is 0 Å². The van der Waals surface area contributed by atoms with Gasteiger partial charge in [-0.15, -0.1) is 0 Å². The molecular formula is C13H16BrNO. The van der Waals surface area contributed by atoms with Gasteiger partial charge in [-0.25, -0.2) is 0 Å². The van der Waals surface area contributed by atoms with Crippen LogP contribution in [0.5, 0.6) is 5.75 Å². The van der Waals surface area contributed by atoms with Crippen molar-refractivity contribution < 1.29 is 4.74 Å². The van der Waals surface area contributed by atoms with E-state index in [9.17, 15) is 0 Å². The minimum atomic E-state index is 0.563. The van der Waals surface area contributed by atoms with Crippen LogP contribution >= 0.6 is 15.9 Å². The van der Waals surface area contributed by atoms with Crippen molar-refractivity contribution in [3.05, 3.63) is 28.2 Å². The molecule has 0 radical (unpaired) electrons. The van der Waals surface area contributed by atoms with Gasteiger partial charge in [-0.2, -0.15) is 5.26 Å². The highest BCUT2D eigenvalue weighted by Gasteiger charge is 2.05. The molecule has 0 N–H and O–H groups in total. The molecule has 0 aliphatic rings. The molecule has 0 saturated heterocycles. The Morgan fingerprint density at radius 1 is 1.50 bits per heavy atom. The molecule has 0 fully saturated rings. The van der Waals surface area contributed by atoms with E-state index in [1.165, 1.54) is 12.8 Å². The van der Waals surface area contributed by atoms with Crippen LogP contribution in [0.15, 0.2) is 22.7 Å². The third-order valence-electron chi connectivity index (χ3n) is 2.37. The number of nitriles is 1. The summed E-state index contributed by atoms with van der Waals surface area (Å²) in [7, 11) is 0. The molecular weight excluding hydrogens is 266 g/mol. The van der Waals surface area contributed by atoms with Crippen molar-refractivity contribution >= 4 is 15.9 Å². The zero-order valence-corrected chi connectivity index (χ0v) is 11.3. The van der Waals surface area contributed by atoms with Crippen LogP contribution in [0, 0.1) is 17.2 Å². The molecule has 0 aliphatic heterocycles. The smallest absolute Gasteiger partial charge is 0.133 e. The molecule has 1 atom stereocenters. The van der Waals surface area contributed by atoms with E-state index in [0.29, 0.717) is 11.5 Å². The van der Waals surface area contributed by atoms with E-state index in [-0.39, 0.29) is 0 Å². The first-order valence-electron chi connectivity index (χ1n) is 5.49. The average Bonchev–Trinajstić information content (AvgIpc) is 2.27. The summed E-state index contributed by atoms with van der Waals surface area (Å²) in [5.74, 6) is 1.37. The summed E-state index contributed by atoms with van der Waals surface area (Å²) in [5.41, 5.74) is 0.640. The van der Waals surface area contributed by atoms with Crippen LogP contribution in [-0.4, -0.2) is 6.61 Å². The highest BCUT2D eigenvalue weighted by Crippen LogP contribution is 2.26. The normalized spacial score (nSPS) is 11.9. The first-order chi connectivity index (χ1) is 7.67. The van der Waals surface area contributed by atoms with Crippen LogP contribution in [0.3, 0.4) is 0 Å². The fraction of sp³-hybridized carbons (Fsp3) is 0.462. The molecule has 3 heteroatoms. The van der Waals surface area contributed by atoms with Gasteiger partial charge in [0.05, 0.1) is 22.7 Å². The minimum Gasteiger partial charge on any atom is -0.492 e. The van der Waals surface area contributed by atoms with Crippen LogP contribution in [-0.2, 0) is 0 Å². The minimum absolute atomic E-state index is 0.563. The lowest BCUT2D eigenvalue weighted by atomic mass is 10.1. The molecule has 1 aromatic rings. The Kier molecular flexibility index (Phi) is 5.34. The topological polar surface area (TPSA) is 33.0 Å². The van der Waals surface area contributed by atoms with Crippen molar-refractivity contribution in [1.29, 1.82) is 5.26 Å². The number of halogens is 1. The standard InChI is InChI=1S/C13H16BrNO/c1-3-4-10(2)9-16-13-6-5-11(8-15)7-12(13)14/h5-7,10H,3-4,9H2,1-2H3. The lowest BCUT2D eigenvalue weighted by Gasteiger charge is -2.13. The molecule has 1 unspecified atom stereocenters. The van der Waals surface area contributed by atoms with Gasteiger partial charge in [0.2, 0.25) is 0 Å². The highest BCUT2D eigenvalue weighted by molar-refractivity contribution is 9.10. The quantitative estimate of drug-likeness (QED) is 0.813. The Morgan fingerprint density at radius 2 is 2.25 bits per heavy atom. The van der Waals surface area contributed by atoms with Crippen molar-refractivity contribution in [2.75, 3.05) is 6.61 Å². The van der Waals surface area contributed by atoms with E-state index in [2.05, 4.69) is 35.8 Å². The lowest BCUT2D eigenvalue weighted by molar-refractivity contribution is 0.250. The Balaban J connectivity index is 2.58. The summed E-state index contributed by atoms with van der Waals surface area (Å²) >= 11 is 3.40. The summed E-state index contributed by atoms with van der Waals surface area (Å²) in [6.07, 6.45) is 2.35. The Bertz CT molecular complexity index is 384. The third kappa shape index (κ3) is 3.86. The maximum absolute atomic E-state index is 8.73. The molecule has 0 saturated carbocycles. The summed E-state index contributed by atoms with van der Waals surface area (Å²) in [6.45, 7) is 5.08. The van der Waals surface area contributed by atoms with Gasteiger partial charge in [-0.05, 0) is 46.5 Å². The molecule has 0 amide bonds. The molecule has 86 valence electrons. The zero-order valence-electron chi connectivity index (χ0n) is 9.66. The Labute approximate surface area is 105 Å².